The number of imidazole rings is 1. The van der Waals surface area contributed by atoms with Gasteiger partial charge in [0.2, 0.25) is 0 Å². The Balaban J connectivity index is 2.08. The molecule has 5 heteroatoms. The number of fused-ring (bicyclic) bond motifs is 1. The van der Waals surface area contributed by atoms with Crippen molar-refractivity contribution in [3.8, 4) is 0 Å². The Bertz CT molecular complexity index is 619. The summed E-state index contributed by atoms with van der Waals surface area (Å²) in [5, 5.41) is 9.21. The number of unbranched alkanes of at least 4 members (excludes halogenated alkanes) is 1. The van der Waals surface area contributed by atoms with Gasteiger partial charge in [0.1, 0.15) is 11.3 Å². The summed E-state index contributed by atoms with van der Waals surface area (Å²) in [7, 11) is 0. The smallest absolute Gasteiger partial charge is 0.337 e. The molecule has 5 nitrogen and oxygen atoms in total. The molecule has 0 fully saturated rings. The topological polar surface area (TPSA) is 64.4 Å². The highest BCUT2D eigenvalue weighted by molar-refractivity contribution is 6.01. The van der Waals surface area contributed by atoms with Crippen molar-refractivity contribution < 1.29 is 14.6 Å². The lowest BCUT2D eigenvalue weighted by atomic mass is 10.2. The molecule has 0 aliphatic rings. The first-order valence-corrected chi connectivity index (χ1v) is 7.42. The summed E-state index contributed by atoms with van der Waals surface area (Å²) < 4.78 is 7.62. The molecule has 114 valence electrons. The number of para-hydroxylation sites is 1. The monoisotopic (exact) mass is 290 g/mol. The van der Waals surface area contributed by atoms with Crippen LogP contribution in [-0.2, 0) is 11.3 Å². The maximum Gasteiger partial charge on any atom is 0.337 e. The van der Waals surface area contributed by atoms with E-state index in [4.69, 9.17) is 4.74 Å². The van der Waals surface area contributed by atoms with Gasteiger partial charge >= 0.3 is 5.97 Å². The molecule has 1 heterocycles. The van der Waals surface area contributed by atoms with Crippen LogP contribution in [0.3, 0.4) is 0 Å². The molecular weight excluding hydrogens is 268 g/mol. The van der Waals surface area contributed by atoms with Gasteiger partial charge in [0.25, 0.3) is 0 Å². The van der Waals surface area contributed by atoms with Crippen molar-refractivity contribution in [2.24, 2.45) is 0 Å². The van der Waals surface area contributed by atoms with Gasteiger partial charge in [-0.05, 0) is 31.9 Å². The second-order valence-electron chi connectivity index (χ2n) is 5.11. The van der Waals surface area contributed by atoms with Gasteiger partial charge in [-0.2, -0.15) is 0 Å². The van der Waals surface area contributed by atoms with E-state index in [1.54, 1.807) is 12.1 Å². The summed E-state index contributed by atoms with van der Waals surface area (Å²) >= 11 is 0. The molecule has 1 aromatic heterocycles. The third kappa shape index (κ3) is 3.61. The fourth-order valence-electron chi connectivity index (χ4n) is 2.39. The Morgan fingerprint density at radius 2 is 2.10 bits per heavy atom. The van der Waals surface area contributed by atoms with Crippen molar-refractivity contribution in [3.05, 3.63) is 29.6 Å². The van der Waals surface area contributed by atoms with Crippen molar-refractivity contribution in [3.63, 3.8) is 0 Å². The molecule has 0 saturated heterocycles. The molecule has 1 aromatic carbocycles. The molecular formula is C16H22N2O3. The number of hydrogen-bond acceptors (Lipinski definition) is 3. The van der Waals surface area contributed by atoms with E-state index in [2.05, 4.69) is 16.5 Å². The predicted molar refractivity (Wildman–Crippen MR) is 81.8 cm³/mol. The SMILES string of the molecule is CCCCOCCCn1c(C)nc2c(C(=O)O)cccc21. The second-order valence-corrected chi connectivity index (χ2v) is 5.11. The average Bonchev–Trinajstić information content (AvgIpc) is 2.78. The highest BCUT2D eigenvalue weighted by Crippen LogP contribution is 2.20. The summed E-state index contributed by atoms with van der Waals surface area (Å²) in [4.78, 5) is 15.6. The molecule has 1 N–H and O–H groups in total. The van der Waals surface area contributed by atoms with E-state index in [1.807, 2.05) is 13.0 Å². The fourth-order valence-corrected chi connectivity index (χ4v) is 2.39. The number of benzene rings is 1. The number of carboxylic acids is 1. The van der Waals surface area contributed by atoms with E-state index in [9.17, 15) is 9.90 Å². The van der Waals surface area contributed by atoms with Gasteiger partial charge in [-0.3, -0.25) is 0 Å². The van der Waals surface area contributed by atoms with E-state index < -0.39 is 5.97 Å². The number of hydrogen-bond donors (Lipinski definition) is 1. The number of ether oxygens (including phenoxy) is 1. The van der Waals surface area contributed by atoms with Crippen molar-refractivity contribution in [1.29, 1.82) is 0 Å². The largest absolute Gasteiger partial charge is 0.478 e. The Kier molecular flexibility index (Phi) is 5.33. The van der Waals surface area contributed by atoms with Crippen LogP contribution in [0.25, 0.3) is 11.0 Å². The molecule has 0 aliphatic carbocycles. The quantitative estimate of drug-likeness (QED) is 0.758. The first-order chi connectivity index (χ1) is 10.1. The van der Waals surface area contributed by atoms with Crippen LogP contribution in [0, 0.1) is 6.92 Å². The minimum atomic E-state index is -0.937. The lowest BCUT2D eigenvalue weighted by molar-refractivity contribution is 0.0699. The van der Waals surface area contributed by atoms with Crippen molar-refractivity contribution >= 4 is 17.0 Å². The van der Waals surface area contributed by atoms with E-state index in [-0.39, 0.29) is 5.56 Å². The molecule has 0 atom stereocenters. The molecule has 0 spiro atoms. The van der Waals surface area contributed by atoms with Crippen molar-refractivity contribution in [2.75, 3.05) is 13.2 Å². The van der Waals surface area contributed by atoms with E-state index in [1.165, 1.54) is 0 Å². The lowest BCUT2D eigenvalue weighted by Gasteiger charge is -2.07. The Morgan fingerprint density at radius 1 is 1.33 bits per heavy atom. The van der Waals surface area contributed by atoms with Crippen LogP contribution in [-0.4, -0.2) is 33.8 Å². The zero-order valence-electron chi connectivity index (χ0n) is 12.6. The molecule has 0 aliphatic heterocycles. The predicted octanol–water partition coefficient (Wildman–Crippen LogP) is 3.25. The number of nitrogens with zero attached hydrogens (tertiary/aromatic N) is 2. The number of aryl methyl sites for hydroxylation is 2. The number of rotatable bonds is 8. The Hall–Kier alpha value is -1.88. The highest BCUT2D eigenvalue weighted by Gasteiger charge is 2.14. The maximum atomic E-state index is 11.2. The summed E-state index contributed by atoms with van der Waals surface area (Å²) in [6.07, 6.45) is 3.13. The molecule has 2 aromatic rings. The Morgan fingerprint density at radius 3 is 2.81 bits per heavy atom. The zero-order chi connectivity index (χ0) is 15.2. The molecule has 0 amide bonds. The molecule has 21 heavy (non-hydrogen) atoms. The maximum absolute atomic E-state index is 11.2. The highest BCUT2D eigenvalue weighted by atomic mass is 16.5. The summed E-state index contributed by atoms with van der Waals surface area (Å²) in [5.41, 5.74) is 1.70. The zero-order valence-corrected chi connectivity index (χ0v) is 12.6. The summed E-state index contributed by atoms with van der Waals surface area (Å²) in [5.74, 6) is -0.0968. The first-order valence-electron chi connectivity index (χ1n) is 7.42. The van der Waals surface area contributed by atoms with Crippen molar-refractivity contribution in [1.82, 2.24) is 9.55 Å². The second kappa shape index (κ2) is 7.22. The molecule has 0 unspecified atom stereocenters. The minimum absolute atomic E-state index is 0.258. The average molecular weight is 290 g/mol. The molecule has 0 bridgehead atoms. The van der Waals surface area contributed by atoms with E-state index in [0.29, 0.717) is 5.52 Å². The number of carbonyl (C=O) groups is 1. The number of aromatic nitrogens is 2. The van der Waals surface area contributed by atoms with Crippen LogP contribution in [0.15, 0.2) is 18.2 Å². The number of carboxylic acid groups (broad SMARTS) is 1. The number of aromatic carboxylic acids is 1. The molecule has 0 saturated carbocycles. The minimum Gasteiger partial charge on any atom is -0.478 e. The normalized spacial score (nSPS) is 11.1. The van der Waals surface area contributed by atoms with E-state index in [0.717, 1.165) is 50.4 Å². The van der Waals surface area contributed by atoms with Gasteiger partial charge < -0.3 is 14.4 Å². The third-order valence-electron chi connectivity index (χ3n) is 3.51. The van der Waals surface area contributed by atoms with Gasteiger partial charge in [0, 0.05) is 19.8 Å². The lowest BCUT2D eigenvalue weighted by Crippen LogP contribution is -2.05. The van der Waals surface area contributed by atoms with Gasteiger partial charge in [0.15, 0.2) is 0 Å². The van der Waals surface area contributed by atoms with Crippen LogP contribution in [0.4, 0.5) is 0 Å². The van der Waals surface area contributed by atoms with Gasteiger partial charge in [-0.1, -0.05) is 19.4 Å². The third-order valence-corrected chi connectivity index (χ3v) is 3.51. The van der Waals surface area contributed by atoms with Gasteiger partial charge in [-0.25, -0.2) is 9.78 Å². The summed E-state index contributed by atoms with van der Waals surface area (Å²) in [6, 6.07) is 5.27. The van der Waals surface area contributed by atoms with Crippen LogP contribution in [0.2, 0.25) is 0 Å². The summed E-state index contributed by atoms with van der Waals surface area (Å²) in [6.45, 7) is 6.37. The van der Waals surface area contributed by atoms with Crippen LogP contribution in [0.1, 0.15) is 42.4 Å². The van der Waals surface area contributed by atoms with Crippen LogP contribution >= 0.6 is 0 Å². The van der Waals surface area contributed by atoms with Gasteiger partial charge in [0.05, 0.1) is 11.1 Å². The fraction of sp³-hybridized carbons (Fsp3) is 0.500. The molecule has 2 rings (SSSR count). The van der Waals surface area contributed by atoms with E-state index >= 15 is 0 Å². The van der Waals surface area contributed by atoms with Crippen LogP contribution in [0.5, 0.6) is 0 Å². The first kappa shape index (κ1) is 15.5. The van der Waals surface area contributed by atoms with Crippen LogP contribution < -0.4 is 0 Å². The Labute approximate surface area is 124 Å². The van der Waals surface area contributed by atoms with Gasteiger partial charge in [-0.15, -0.1) is 0 Å². The molecule has 0 radical (unpaired) electrons. The van der Waals surface area contributed by atoms with Crippen molar-refractivity contribution in [2.45, 2.75) is 39.7 Å². The standard InChI is InChI=1S/C16H22N2O3/c1-3-4-10-21-11-6-9-18-12(2)17-15-13(16(19)20)7-5-8-14(15)18/h5,7-8H,3-4,6,9-11H2,1-2H3,(H,19,20).